The summed E-state index contributed by atoms with van der Waals surface area (Å²) >= 11 is 0. The molecule has 0 aliphatic heterocycles. The van der Waals surface area contributed by atoms with Gasteiger partial charge in [-0.25, -0.2) is 17.8 Å². The zero-order valence-electron chi connectivity index (χ0n) is 13.0. The summed E-state index contributed by atoms with van der Waals surface area (Å²) in [5, 5.41) is -0.690. The molecular formula is C15H19FN2O3S. The van der Waals surface area contributed by atoms with Crippen molar-refractivity contribution in [3.8, 4) is 0 Å². The zero-order valence-corrected chi connectivity index (χ0v) is 13.8. The number of aromatic nitrogens is 1. The number of anilines is 1. The first kappa shape index (κ1) is 16.5. The predicted octanol–water partition coefficient (Wildman–Crippen LogP) is 3.18. The van der Waals surface area contributed by atoms with Gasteiger partial charge in [0.1, 0.15) is 18.1 Å². The Labute approximate surface area is 129 Å². The Morgan fingerprint density at radius 1 is 1.27 bits per heavy atom. The topological polar surface area (TPSA) is 63.4 Å². The molecule has 7 heteroatoms. The van der Waals surface area contributed by atoms with Gasteiger partial charge in [0.25, 0.3) is 0 Å². The van der Waals surface area contributed by atoms with Crippen LogP contribution in [-0.2, 0) is 16.6 Å². The molecule has 1 aromatic carbocycles. The van der Waals surface area contributed by atoms with Crippen LogP contribution in [-0.4, -0.2) is 18.7 Å². The van der Waals surface area contributed by atoms with E-state index in [-0.39, 0.29) is 18.1 Å². The summed E-state index contributed by atoms with van der Waals surface area (Å²) in [5.74, 6) is 0.250. The fourth-order valence-electron chi connectivity index (χ4n) is 1.95. The highest BCUT2D eigenvalue weighted by molar-refractivity contribution is 7.93. The SMILES string of the molecule is Cc1nc(CN(c2ccccc2F)S(=O)(=O)C(C)C)oc1C. The molecule has 2 rings (SSSR count). The summed E-state index contributed by atoms with van der Waals surface area (Å²) in [7, 11) is -3.72. The molecule has 0 amide bonds. The fraction of sp³-hybridized carbons (Fsp3) is 0.400. The molecule has 0 N–H and O–H groups in total. The lowest BCUT2D eigenvalue weighted by Crippen LogP contribution is -2.36. The first-order chi connectivity index (χ1) is 10.2. The van der Waals surface area contributed by atoms with Crippen LogP contribution in [0, 0.1) is 19.7 Å². The van der Waals surface area contributed by atoms with Crippen molar-refractivity contribution in [2.75, 3.05) is 4.31 Å². The van der Waals surface area contributed by atoms with E-state index in [0.29, 0.717) is 11.5 Å². The minimum Gasteiger partial charge on any atom is -0.444 e. The van der Waals surface area contributed by atoms with E-state index in [1.807, 2.05) is 0 Å². The van der Waals surface area contributed by atoms with Crippen LogP contribution < -0.4 is 4.31 Å². The number of para-hydroxylation sites is 1. The second-order valence-electron chi connectivity index (χ2n) is 5.30. The van der Waals surface area contributed by atoms with E-state index in [9.17, 15) is 12.8 Å². The molecule has 1 heterocycles. The van der Waals surface area contributed by atoms with Crippen LogP contribution in [0.1, 0.15) is 31.2 Å². The molecule has 0 atom stereocenters. The summed E-state index contributed by atoms with van der Waals surface area (Å²) in [5.41, 5.74) is 0.676. The maximum Gasteiger partial charge on any atom is 0.238 e. The number of hydrogen-bond donors (Lipinski definition) is 0. The van der Waals surface area contributed by atoms with Crippen molar-refractivity contribution in [1.29, 1.82) is 0 Å². The van der Waals surface area contributed by atoms with Gasteiger partial charge in [-0.2, -0.15) is 0 Å². The Hall–Kier alpha value is -1.89. The second kappa shape index (κ2) is 6.08. The van der Waals surface area contributed by atoms with Gasteiger partial charge in [-0.3, -0.25) is 4.31 Å². The van der Waals surface area contributed by atoms with Crippen molar-refractivity contribution in [3.63, 3.8) is 0 Å². The monoisotopic (exact) mass is 326 g/mol. The fourth-order valence-corrected chi connectivity index (χ4v) is 3.17. The van der Waals surface area contributed by atoms with E-state index in [0.717, 1.165) is 4.31 Å². The summed E-state index contributed by atoms with van der Waals surface area (Å²) in [6.45, 7) is 6.48. The van der Waals surface area contributed by atoms with Gasteiger partial charge >= 0.3 is 0 Å². The molecule has 0 aliphatic rings. The molecule has 5 nitrogen and oxygen atoms in total. The molecule has 0 aliphatic carbocycles. The molecular weight excluding hydrogens is 307 g/mol. The normalized spacial score (nSPS) is 11.9. The Balaban J connectivity index is 2.49. The van der Waals surface area contributed by atoms with Crippen molar-refractivity contribution >= 4 is 15.7 Å². The number of halogens is 1. The molecule has 0 fully saturated rings. The van der Waals surface area contributed by atoms with Gasteiger partial charge in [0, 0.05) is 0 Å². The van der Waals surface area contributed by atoms with Crippen molar-refractivity contribution < 1.29 is 17.2 Å². The lowest BCUT2D eigenvalue weighted by molar-refractivity contribution is 0.469. The van der Waals surface area contributed by atoms with Crippen LogP contribution in [0.3, 0.4) is 0 Å². The van der Waals surface area contributed by atoms with Crippen molar-refractivity contribution in [1.82, 2.24) is 4.98 Å². The molecule has 0 bridgehead atoms. The quantitative estimate of drug-likeness (QED) is 0.846. The number of nitrogens with zero attached hydrogens (tertiary/aromatic N) is 2. The molecule has 0 unspecified atom stereocenters. The summed E-state index contributed by atoms with van der Waals surface area (Å²) < 4.78 is 45.7. The van der Waals surface area contributed by atoms with E-state index in [4.69, 9.17) is 4.42 Å². The zero-order chi connectivity index (χ0) is 16.5. The molecule has 1 aromatic heterocycles. The lowest BCUT2D eigenvalue weighted by Gasteiger charge is -2.25. The second-order valence-corrected chi connectivity index (χ2v) is 7.71. The average molecular weight is 326 g/mol. The average Bonchev–Trinajstić information content (AvgIpc) is 2.75. The third-order valence-corrected chi connectivity index (χ3v) is 5.51. The van der Waals surface area contributed by atoms with Crippen LogP contribution >= 0.6 is 0 Å². The summed E-state index contributed by atoms with van der Waals surface area (Å²) in [6, 6.07) is 5.76. The van der Waals surface area contributed by atoms with Crippen LogP contribution in [0.2, 0.25) is 0 Å². The molecule has 22 heavy (non-hydrogen) atoms. The third kappa shape index (κ3) is 3.14. The summed E-state index contributed by atoms with van der Waals surface area (Å²) in [4.78, 5) is 4.18. The minimum absolute atomic E-state index is 0.00953. The third-order valence-electron chi connectivity index (χ3n) is 3.38. The summed E-state index contributed by atoms with van der Waals surface area (Å²) in [6.07, 6.45) is 0. The van der Waals surface area contributed by atoms with Crippen molar-refractivity contribution in [2.45, 2.75) is 39.5 Å². The van der Waals surface area contributed by atoms with E-state index < -0.39 is 21.1 Å². The molecule has 0 saturated heterocycles. The number of aryl methyl sites for hydroxylation is 2. The molecule has 0 radical (unpaired) electrons. The van der Waals surface area contributed by atoms with Crippen LogP contribution in [0.5, 0.6) is 0 Å². The van der Waals surface area contributed by atoms with E-state index >= 15 is 0 Å². The van der Waals surface area contributed by atoms with Gasteiger partial charge in [-0.15, -0.1) is 0 Å². The number of hydrogen-bond acceptors (Lipinski definition) is 4. The standard InChI is InChI=1S/C15H19FN2O3S/c1-10(2)22(19,20)18(14-8-6-5-7-13(14)16)9-15-17-11(3)12(4)21-15/h5-8,10H,9H2,1-4H3. The van der Waals surface area contributed by atoms with Crippen molar-refractivity contribution in [3.05, 3.63) is 47.4 Å². The Kier molecular flexibility index (Phi) is 4.55. The van der Waals surface area contributed by atoms with Gasteiger partial charge in [0.2, 0.25) is 15.9 Å². The maximum absolute atomic E-state index is 14.1. The maximum atomic E-state index is 14.1. The highest BCUT2D eigenvalue weighted by Crippen LogP contribution is 2.26. The van der Waals surface area contributed by atoms with Crippen LogP contribution in [0.15, 0.2) is 28.7 Å². The van der Waals surface area contributed by atoms with E-state index in [1.54, 1.807) is 33.8 Å². The first-order valence-electron chi connectivity index (χ1n) is 6.92. The van der Waals surface area contributed by atoms with Crippen molar-refractivity contribution in [2.24, 2.45) is 0 Å². The highest BCUT2D eigenvalue weighted by atomic mass is 32.2. The van der Waals surface area contributed by atoms with Gasteiger partial charge < -0.3 is 4.42 Å². The largest absolute Gasteiger partial charge is 0.444 e. The smallest absolute Gasteiger partial charge is 0.238 e. The lowest BCUT2D eigenvalue weighted by atomic mass is 10.3. The van der Waals surface area contributed by atoms with Gasteiger partial charge in [-0.05, 0) is 39.8 Å². The Morgan fingerprint density at radius 2 is 1.91 bits per heavy atom. The van der Waals surface area contributed by atoms with E-state index in [2.05, 4.69) is 4.98 Å². The Bertz CT molecular complexity index is 749. The van der Waals surface area contributed by atoms with E-state index in [1.165, 1.54) is 18.2 Å². The number of rotatable bonds is 5. The highest BCUT2D eigenvalue weighted by Gasteiger charge is 2.29. The number of benzene rings is 1. The molecule has 0 spiro atoms. The first-order valence-corrected chi connectivity index (χ1v) is 8.42. The molecule has 0 saturated carbocycles. The van der Waals surface area contributed by atoms with Gasteiger partial charge in [-0.1, -0.05) is 12.1 Å². The number of sulfonamides is 1. The van der Waals surface area contributed by atoms with Crippen LogP contribution in [0.4, 0.5) is 10.1 Å². The Morgan fingerprint density at radius 3 is 2.41 bits per heavy atom. The van der Waals surface area contributed by atoms with Gasteiger partial charge in [0.05, 0.1) is 16.6 Å². The minimum atomic E-state index is -3.72. The molecule has 2 aromatic rings. The molecule has 120 valence electrons. The number of oxazole rings is 1. The van der Waals surface area contributed by atoms with Crippen LogP contribution in [0.25, 0.3) is 0 Å². The predicted molar refractivity (Wildman–Crippen MR) is 82.6 cm³/mol. The van der Waals surface area contributed by atoms with Gasteiger partial charge in [0.15, 0.2) is 0 Å².